The van der Waals surface area contributed by atoms with Crippen molar-refractivity contribution >= 4 is 43.6 Å². The fourth-order valence-electron chi connectivity index (χ4n) is 6.56. The maximum Gasteiger partial charge on any atom is 0.408 e. The molecule has 0 radical (unpaired) electrons. The van der Waals surface area contributed by atoms with Crippen LogP contribution in [0.5, 0.6) is 0 Å². The standard InChI is InChI=1S/C38H58N6O9Si/c1-12-24(13-2)33(46)43-32-25-17-18-27(44(25)41-22-40-32)38(21-39)31(53-54(9,10)11)29(26(51-38)20-49-28(45)19-23-15-14-16-23)50-34(47)30(36(3,4)5)42-35(48)52-37(6,7)8/h17-18,22-24,26,29-31H,12-16,19-20H2,1-11H3,(H,42,48)(H,40,41,43,46)/t26-,29-,30-,31-,38+/m1/s1. The number of hydrogen-bond acceptors (Lipinski definition) is 12. The van der Waals surface area contributed by atoms with Gasteiger partial charge in [-0.2, -0.15) is 10.4 Å². The summed E-state index contributed by atoms with van der Waals surface area (Å²) < 4.78 is 32.3. The predicted octanol–water partition coefficient (Wildman–Crippen LogP) is 6.03. The Morgan fingerprint density at radius 1 is 1.09 bits per heavy atom. The molecule has 4 rings (SSSR count). The Labute approximate surface area is 319 Å². The van der Waals surface area contributed by atoms with Crippen molar-refractivity contribution < 1.29 is 42.6 Å². The highest BCUT2D eigenvalue weighted by atomic mass is 28.4. The molecule has 5 atom stereocenters. The fourth-order valence-corrected chi connectivity index (χ4v) is 7.62. The van der Waals surface area contributed by atoms with Crippen LogP contribution in [0, 0.1) is 28.6 Å². The van der Waals surface area contributed by atoms with Crippen molar-refractivity contribution in [1.29, 1.82) is 5.26 Å². The highest BCUT2D eigenvalue weighted by Crippen LogP contribution is 2.45. The molecule has 2 aliphatic rings. The summed E-state index contributed by atoms with van der Waals surface area (Å²) in [5, 5.41) is 21.2. The van der Waals surface area contributed by atoms with Crippen molar-refractivity contribution in [2.24, 2.45) is 17.3 Å². The van der Waals surface area contributed by atoms with E-state index >= 15 is 0 Å². The highest BCUT2D eigenvalue weighted by Gasteiger charge is 2.62. The summed E-state index contributed by atoms with van der Waals surface area (Å²) in [6, 6.07) is 4.42. The molecule has 2 aromatic rings. The van der Waals surface area contributed by atoms with E-state index in [1.165, 1.54) is 10.8 Å². The van der Waals surface area contributed by atoms with Crippen LogP contribution in [0.4, 0.5) is 10.6 Å². The molecule has 1 aliphatic heterocycles. The topological polar surface area (TPSA) is 192 Å². The summed E-state index contributed by atoms with van der Waals surface area (Å²) in [5.74, 6) is -1.18. The minimum atomic E-state index is -2.58. The van der Waals surface area contributed by atoms with Crippen molar-refractivity contribution in [3.63, 3.8) is 0 Å². The van der Waals surface area contributed by atoms with Crippen LogP contribution in [0.25, 0.3) is 5.52 Å². The summed E-state index contributed by atoms with van der Waals surface area (Å²) in [6.45, 7) is 19.7. The molecule has 1 saturated carbocycles. The van der Waals surface area contributed by atoms with Crippen molar-refractivity contribution in [2.75, 3.05) is 11.9 Å². The molecule has 54 heavy (non-hydrogen) atoms. The van der Waals surface area contributed by atoms with E-state index in [0.717, 1.165) is 19.3 Å². The predicted molar refractivity (Wildman–Crippen MR) is 201 cm³/mol. The zero-order chi connectivity index (χ0) is 40.2. The van der Waals surface area contributed by atoms with E-state index in [1.807, 2.05) is 33.5 Å². The largest absolute Gasteiger partial charge is 0.463 e. The molecule has 1 aliphatic carbocycles. The number of fused-ring (bicyclic) bond motifs is 1. The molecule has 2 N–H and O–H groups in total. The van der Waals surface area contributed by atoms with Gasteiger partial charge in [-0.3, -0.25) is 9.59 Å². The molecular formula is C38H58N6O9Si. The molecule has 298 valence electrons. The van der Waals surface area contributed by atoms with Gasteiger partial charge in [0.25, 0.3) is 0 Å². The summed E-state index contributed by atoms with van der Waals surface area (Å²) in [7, 11) is -2.58. The van der Waals surface area contributed by atoms with Crippen LogP contribution in [0.2, 0.25) is 19.6 Å². The molecular weight excluding hydrogens is 713 g/mol. The summed E-state index contributed by atoms with van der Waals surface area (Å²) in [5.41, 5.74) is -3.00. The minimum absolute atomic E-state index is 0.195. The second-order valence-corrected chi connectivity index (χ2v) is 21.8. The van der Waals surface area contributed by atoms with Crippen LogP contribution in [0.3, 0.4) is 0 Å². The zero-order valence-electron chi connectivity index (χ0n) is 33.6. The Bertz CT molecular complexity index is 1710. The first-order chi connectivity index (χ1) is 25.1. The second kappa shape index (κ2) is 16.7. The number of amides is 2. The van der Waals surface area contributed by atoms with E-state index in [0.29, 0.717) is 18.4 Å². The normalized spacial score (nSPS) is 22.6. The Balaban J connectivity index is 1.80. The number of carbonyl (C=O) groups excluding carboxylic acids is 4. The smallest absolute Gasteiger partial charge is 0.408 e. The van der Waals surface area contributed by atoms with E-state index in [9.17, 15) is 24.4 Å². The SMILES string of the molecule is CCC(CC)C(=O)Nc1ncnn2c([C@]3(C#N)O[C@H](COC(=O)CC4CCC4)[C@@H](OC(=O)[C@@H](NC(=O)OC(C)(C)C)C(C)(C)C)[C@H]3O[Si](C)(C)C)ccc12. The lowest BCUT2D eigenvalue weighted by Gasteiger charge is -2.35. The molecule has 1 saturated heterocycles. The van der Waals surface area contributed by atoms with Crippen molar-refractivity contribution in [1.82, 2.24) is 19.9 Å². The van der Waals surface area contributed by atoms with E-state index in [2.05, 4.69) is 26.8 Å². The number of nitrogens with zero attached hydrogens (tertiary/aromatic N) is 4. The van der Waals surface area contributed by atoms with Crippen LogP contribution in [-0.2, 0) is 43.4 Å². The van der Waals surface area contributed by atoms with Crippen molar-refractivity contribution in [3.05, 3.63) is 24.2 Å². The number of anilines is 1. The lowest BCUT2D eigenvalue weighted by atomic mass is 9.83. The van der Waals surface area contributed by atoms with Gasteiger partial charge in [0.05, 0.1) is 5.69 Å². The van der Waals surface area contributed by atoms with Gasteiger partial charge in [0.2, 0.25) is 11.5 Å². The third-order valence-corrected chi connectivity index (χ3v) is 10.5. The highest BCUT2D eigenvalue weighted by molar-refractivity contribution is 6.69. The van der Waals surface area contributed by atoms with Gasteiger partial charge in [-0.25, -0.2) is 19.1 Å². The van der Waals surface area contributed by atoms with E-state index in [1.54, 1.807) is 53.7 Å². The number of esters is 2. The van der Waals surface area contributed by atoms with Crippen LogP contribution in [0.15, 0.2) is 18.5 Å². The Morgan fingerprint density at radius 2 is 1.76 bits per heavy atom. The quantitative estimate of drug-likeness (QED) is 0.129. The monoisotopic (exact) mass is 770 g/mol. The third kappa shape index (κ3) is 10.2. The maximum atomic E-state index is 14.2. The summed E-state index contributed by atoms with van der Waals surface area (Å²) in [6.07, 6.45) is 1.25. The number of hydrogen-bond donors (Lipinski definition) is 2. The molecule has 0 spiro atoms. The summed E-state index contributed by atoms with van der Waals surface area (Å²) in [4.78, 5) is 57.5. The first-order valence-corrected chi connectivity index (χ1v) is 22.3. The van der Waals surface area contributed by atoms with Gasteiger partial charge in [-0.1, -0.05) is 41.0 Å². The Hall–Kier alpha value is -4.07. The molecule has 2 aromatic heterocycles. The van der Waals surface area contributed by atoms with Crippen LogP contribution in [0.1, 0.15) is 99.6 Å². The van der Waals surface area contributed by atoms with Crippen LogP contribution >= 0.6 is 0 Å². The van der Waals surface area contributed by atoms with E-state index in [-0.39, 0.29) is 42.3 Å². The van der Waals surface area contributed by atoms with E-state index in [4.69, 9.17) is 23.4 Å². The average Bonchev–Trinajstić information content (AvgIpc) is 3.59. The average molecular weight is 771 g/mol. The minimum Gasteiger partial charge on any atom is -0.463 e. The molecule has 0 unspecified atom stereocenters. The first kappa shape index (κ1) is 42.7. The zero-order valence-corrected chi connectivity index (χ0v) is 34.6. The van der Waals surface area contributed by atoms with Gasteiger partial charge in [-0.15, -0.1) is 0 Å². The number of aromatic nitrogens is 3. The summed E-state index contributed by atoms with van der Waals surface area (Å²) >= 11 is 0. The molecule has 0 aromatic carbocycles. The molecule has 16 heteroatoms. The number of ether oxygens (including phenoxy) is 4. The van der Waals surface area contributed by atoms with Crippen LogP contribution < -0.4 is 10.6 Å². The molecule has 2 amide bonds. The molecule has 3 heterocycles. The van der Waals surface area contributed by atoms with Crippen molar-refractivity contribution in [2.45, 2.75) is 149 Å². The van der Waals surface area contributed by atoms with Gasteiger partial charge < -0.3 is 34.0 Å². The van der Waals surface area contributed by atoms with Crippen LogP contribution in [-0.4, -0.2) is 83.4 Å². The third-order valence-electron chi connectivity index (χ3n) is 9.58. The lowest BCUT2D eigenvalue weighted by molar-refractivity contribution is -0.164. The van der Waals surface area contributed by atoms with Crippen molar-refractivity contribution in [3.8, 4) is 6.07 Å². The fraction of sp³-hybridized carbons (Fsp3) is 0.711. The van der Waals surface area contributed by atoms with Gasteiger partial charge in [0.15, 0.2) is 20.2 Å². The number of alkyl carbamates (subject to hydrolysis) is 1. The Kier molecular flexibility index (Phi) is 13.2. The Morgan fingerprint density at radius 3 is 2.30 bits per heavy atom. The molecule has 0 bridgehead atoms. The molecule has 2 fully saturated rings. The first-order valence-electron chi connectivity index (χ1n) is 18.9. The van der Waals surface area contributed by atoms with E-state index < -0.39 is 67.3 Å². The van der Waals surface area contributed by atoms with Gasteiger partial charge >= 0.3 is 18.0 Å². The second-order valence-electron chi connectivity index (χ2n) is 17.3. The number of nitrogens with one attached hydrogen (secondary N) is 2. The van der Waals surface area contributed by atoms with Gasteiger partial charge in [-0.05, 0) is 89.6 Å². The van der Waals surface area contributed by atoms with Gasteiger partial charge in [0, 0.05) is 12.3 Å². The number of carbonyl (C=O) groups is 4. The lowest BCUT2D eigenvalue weighted by Crippen LogP contribution is -2.55. The van der Waals surface area contributed by atoms with Gasteiger partial charge in [0.1, 0.15) is 48.4 Å². The molecule has 15 nitrogen and oxygen atoms in total. The maximum absolute atomic E-state index is 14.2. The number of rotatable bonds is 14. The number of nitriles is 1.